The zero-order chi connectivity index (χ0) is 30.1. The van der Waals surface area contributed by atoms with Gasteiger partial charge < -0.3 is 0 Å². The van der Waals surface area contributed by atoms with Crippen molar-refractivity contribution in [1.29, 1.82) is 0 Å². The predicted octanol–water partition coefficient (Wildman–Crippen LogP) is 12.4. The minimum Gasteiger partial charge on any atom is -0.0622 e. The molecule has 4 heteroatoms. The van der Waals surface area contributed by atoms with Gasteiger partial charge >= 0.3 is 0 Å². The lowest BCUT2D eigenvalue weighted by atomic mass is 10.0. The van der Waals surface area contributed by atoms with E-state index in [1.807, 2.05) is 0 Å². The zero-order valence-electron chi connectivity index (χ0n) is 26.6. The van der Waals surface area contributed by atoms with Gasteiger partial charge in [0.05, 0.1) is 0 Å². The Kier molecular flexibility index (Phi) is 15.4. The molecule has 1 aliphatic heterocycles. The standard InChI is InChI=1S/C40H52P4/c1-2-4-6-8-10-12-26-36-42(38-29-19-14-20-30-38)44(40-33-23-16-24-34-40)43(39-31-21-15-22-32-39)41(37-27-17-13-18-28-37)35-25-11-9-7-5-3-1/h13-24,27-34H,1-12,25-26,35-36H2. The first-order chi connectivity index (χ1) is 21.9. The monoisotopic (exact) mass is 656 g/mol. The van der Waals surface area contributed by atoms with Crippen molar-refractivity contribution in [2.75, 3.05) is 12.3 Å². The van der Waals surface area contributed by atoms with Gasteiger partial charge in [0, 0.05) is 0 Å². The molecular weight excluding hydrogens is 604 g/mol. The van der Waals surface area contributed by atoms with Crippen LogP contribution in [-0.2, 0) is 0 Å². The van der Waals surface area contributed by atoms with Gasteiger partial charge in [-0.2, -0.15) is 0 Å². The van der Waals surface area contributed by atoms with Gasteiger partial charge in [-0.1, -0.05) is 198 Å². The summed E-state index contributed by atoms with van der Waals surface area (Å²) in [7, 11) is -1.41. The minimum absolute atomic E-state index is 0.314. The quantitative estimate of drug-likeness (QED) is 0.192. The molecule has 1 aliphatic rings. The molecule has 0 saturated carbocycles. The summed E-state index contributed by atoms with van der Waals surface area (Å²) in [6, 6.07) is 47.3. The van der Waals surface area contributed by atoms with Crippen LogP contribution >= 0.6 is 29.8 Å². The fraction of sp³-hybridized carbons (Fsp3) is 0.400. The predicted molar refractivity (Wildman–Crippen MR) is 206 cm³/mol. The molecule has 0 bridgehead atoms. The van der Waals surface area contributed by atoms with Crippen molar-refractivity contribution in [2.24, 2.45) is 0 Å². The summed E-state index contributed by atoms with van der Waals surface area (Å²) in [5, 5.41) is 6.54. The fourth-order valence-electron chi connectivity index (χ4n) is 6.34. The molecule has 0 aromatic heterocycles. The Labute approximate surface area is 273 Å². The average Bonchev–Trinajstić information content (AvgIpc) is 3.09. The second-order valence-corrected chi connectivity index (χ2v) is 27.4. The normalized spacial score (nSPS) is 23.8. The number of benzene rings is 4. The Balaban J connectivity index is 1.58. The maximum Gasteiger partial charge on any atom is -0.0111 e. The minimum atomic E-state index is -0.388. The van der Waals surface area contributed by atoms with Crippen molar-refractivity contribution in [3.63, 3.8) is 0 Å². The third kappa shape index (κ3) is 10.6. The fourth-order valence-corrected chi connectivity index (χ4v) is 36.2. The van der Waals surface area contributed by atoms with Gasteiger partial charge in [-0.15, -0.1) is 0 Å². The van der Waals surface area contributed by atoms with Crippen molar-refractivity contribution in [2.45, 2.75) is 89.9 Å². The zero-order valence-corrected chi connectivity index (χ0v) is 30.2. The molecule has 0 amide bonds. The molecule has 232 valence electrons. The van der Waals surface area contributed by atoms with Crippen LogP contribution in [0.25, 0.3) is 0 Å². The van der Waals surface area contributed by atoms with Crippen LogP contribution in [0, 0.1) is 0 Å². The Morgan fingerprint density at radius 1 is 0.250 bits per heavy atom. The molecule has 1 heterocycles. The smallest absolute Gasteiger partial charge is 0.0111 e. The number of rotatable bonds is 4. The van der Waals surface area contributed by atoms with Gasteiger partial charge in [0.25, 0.3) is 0 Å². The highest BCUT2D eigenvalue weighted by atomic mass is 32.7. The summed E-state index contributed by atoms with van der Waals surface area (Å²) < 4.78 is 0. The van der Waals surface area contributed by atoms with Crippen LogP contribution in [0.2, 0.25) is 0 Å². The Hall–Kier alpha value is -1.40. The second-order valence-electron chi connectivity index (χ2n) is 12.1. The molecule has 1 saturated heterocycles. The van der Waals surface area contributed by atoms with E-state index in [4.69, 9.17) is 0 Å². The van der Waals surface area contributed by atoms with Crippen LogP contribution in [0.15, 0.2) is 121 Å². The summed E-state index contributed by atoms with van der Waals surface area (Å²) in [4.78, 5) is 0. The summed E-state index contributed by atoms with van der Waals surface area (Å²) in [6.07, 6.45) is 22.6. The maximum absolute atomic E-state index is 2.50. The van der Waals surface area contributed by atoms with E-state index in [1.54, 1.807) is 21.2 Å². The van der Waals surface area contributed by atoms with E-state index in [-0.39, 0.29) is 29.8 Å². The maximum atomic E-state index is 2.50. The molecule has 0 radical (unpaired) electrons. The highest BCUT2D eigenvalue weighted by molar-refractivity contribution is 8.81. The highest BCUT2D eigenvalue weighted by Crippen LogP contribution is 2.94. The van der Waals surface area contributed by atoms with Crippen molar-refractivity contribution in [3.05, 3.63) is 121 Å². The first-order valence-electron chi connectivity index (χ1n) is 17.3. The van der Waals surface area contributed by atoms with E-state index < -0.39 is 0 Å². The third-order valence-electron chi connectivity index (χ3n) is 8.71. The van der Waals surface area contributed by atoms with Gasteiger partial charge in [-0.25, -0.2) is 0 Å². The van der Waals surface area contributed by atoms with Gasteiger partial charge in [0.2, 0.25) is 0 Å². The summed E-state index contributed by atoms with van der Waals surface area (Å²) in [5.74, 6) is 0. The first kappa shape index (κ1) is 33.9. The van der Waals surface area contributed by atoms with E-state index in [0.717, 1.165) is 0 Å². The Morgan fingerprint density at radius 2 is 0.477 bits per heavy atom. The molecule has 4 aromatic rings. The average molecular weight is 657 g/mol. The van der Waals surface area contributed by atoms with Crippen LogP contribution < -0.4 is 21.2 Å². The summed E-state index contributed by atoms with van der Waals surface area (Å²) in [5.41, 5.74) is 0. The second kappa shape index (κ2) is 20.0. The molecule has 0 N–H and O–H groups in total. The van der Waals surface area contributed by atoms with Crippen molar-refractivity contribution in [3.8, 4) is 0 Å². The largest absolute Gasteiger partial charge is 0.0622 e. The van der Waals surface area contributed by atoms with Gasteiger partial charge in [-0.3, -0.25) is 0 Å². The highest BCUT2D eigenvalue weighted by Gasteiger charge is 2.37. The summed E-state index contributed by atoms with van der Waals surface area (Å²) in [6.45, 7) is 0. The number of hydrogen-bond donors (Lipinski definition) is 0. The summed E-state index contributed by atoms with van der Waals surface area (Å²) >= 11 is 0. The lowest BCUT2D eigenvalue weighted by molar-refractivity contribution is 0.539. The molecule has 0 spiro atoms. The molecule has 44 heavy (non-hydrogen) atoms. The topological polar surface area (TPSA) is 0 Å². The molecule has 4 aromatic carbocycles. The lowest BCUT2D eigenvalue weighted by Gasteiger charge is -2.40. The number of hydrogen-bond acceptors (Lipinski definition) is 0. The van der Waals surface area contributed by atoms with Crippen LogP contribution in [0.4, 0.5) is 0 Å². The third-order valence-corrected chi connectivity index (χ3v) is 32.3. The molecule has 4 atom stereocenters. The van der Waals surface area contributed by atoms with Gasteiger partial charge in [-0.05, 0) is 76.2 Å². The lowest BCUT2D eigenvalue weighted by Crippen LogP contribution is -2.14. The van der Waals surface area contributed by atoms with E-state index >= 15 is 0 Å². The molecular formula is C40H52P4. The van der Waals surface area contributed by atoms with Crippen LogP contribution in [0.1, 0.15) is 89.9 Å². The Morgan fingerprint density at radius 3 is 0.750 bits per heavy atom. The first-order valence-corrected chi connectivity index (χ1v) is 25.1. The Bertz CT molecular complexity index is 1180. The van der Waals surface area contributed by atoms with Crippen LogP contribution in [0.3, 0.4) is 0 Å². The van der Waals surface area contributed by atoms with Crippen LogP contribution in [0.5, 0.6) is 0 Å². The molecule has 4 unspecified atom stereocenters. The van der Waals surface area contributed by atoms with E-state index in [0.29, 0.717) is 0 Å². The van der Waals surface area contributed by atoms with Crippen molar-refractivity contribution < 1.29 is 0 Å². The van der Waals surface area contributed by atoms with Crippen LogP contribution in [-0.4, -0.2) is 12.3 Å². The molecule has 0 aliphatic carbocycles. The van der Waals surface area contributed by atoms with E-state index in [1.165, 1.54) is 102 Å². The molecule has 5 rings (SSSR count). The van der Waals surface area contributed by atoms with Gasteiger partial charge in [0.15, 0.2) is 0 Å². The van der Waals surface area contributed by atoms with Crippen molar-refractivity contribution >= 4 is 51.0 Å². The van der Waals surface area contributed by atoms with E-state index in [9.17, 15) is 0 Å². The van der Waals surface area contributed by atoms with E-state index in [2.05, 4.69) is 121 Å². The molecule has 1 fully saturated rings. The molecule has 0 nitrogen and oxygen atoms in total. The van der Waals surface area contributed by atoms with Crippen molar-refractivity contribution in [1.82, 2.24) is 0 Å². The SMILES string of the molecule is c1ccc(P2CCCCCCCCCCCCCCCCP(c3ccccc3)P(c3ccccc3)P2c2ccccc2)cc1. The van der Waals surface area contributed by atoms with Gasteiger partial charge in [0.1, 0.15) is 0 Å².